The summed E-state index contributed by atoms with van der Waals surface area (Å²) in [7, 11) is 1.94. The fourth-order valence-corrected chi connectivity index (χ4v) is 4.41. The van der Waals surface area contributed by atoms with Crippen molar-refractivity contribution >= 4 is 17.7 Å². The number of hydrogen-bond acceptors (Lipinski definition) is 3. The Morgan fingerprint density at radius 1 is 1.19 bits per heavy atom. The van der Waals surface area contributed by atoms with Crippen LogP contribution in [0.15, 0.2) is 35.2 Å². The van der Waals surface area contributed by atoms with Gasteiger partial charge in [0.25, 0.3) is 0 Å². The minimum atomic E-state index is 0.149. The lowest BCUT2D eigenvalue weighted by Crippen LogP contribution is -2.50. The number of carbonyl (C=O) groups is 1. The smallest absolute Gasteiger partial charge is 0.239 e. The minimum Gasteiger partial charge on any atom is -0.344 e. The fourth-order valence-electron chi connectivity index (χ4n) is 3.36. The van der Waals surface area contributed by atoms with E-state index >= 15 is 0 Å². The molecule has 2 saturated heterocycles. The Balaban J connectivity index is 1.50. The van der Waals surface area contributed by atoms with Gasteiger partial charge in [0.05, 0.1) is 6.04 Å². The summed E-state index contributed by atoms with van der Waals surface area (Å²) in [6.07, 6.45) is 3.42. The van der Waals surface area contributed by atoms with Crippen molar-refractivity contribution in [2.75, 3.05) is 32.4 Å². The van der Waals surface area contributed by atoms with E-state index in [9.17, 15) is 4.79 Å². The lowest BCUT2D eigenvalue weighted by molar-refractivity contribution is -0.138. The van der Waals surface area contributed by atoms with Gasteiger partial charge in [0.2, 0.25) is 5.91 Å². The van der Waals surface area contributed by atoms with E-state index in [1.165, 1.54) is 11.3 Å². The Morgan fingerprint density at radius 2 is 2.00 bits per heavy atom. The molecular formula is C17H24N2OS. The largest absolute Gasteiger partial charge is 0.344 e. The molecule has 2 atom stereocenters. The van der Waals surface area contributed by atoms with Crippen LogP contribution in [-0.2, 0) is 4.79 Å². The van der Waals surface area contributed by atoms with Crippen LogP contribution in [0.1, 0.15) is 19.3 Å². The first-order chi connectivity index (χ1) is 10.2. The number of carbonyl (C=O) groups excluding carboxylic acids is 1. The molecule has 0 N–H and O–H groups in total. The van der Waals surface area contributed by atoms with Crippen molar-refractivity contribution in [1.29, 1.82) is 0 Å². The van der Waals surface area contributed by atoms with Crippen molar-refractivity contribution in [3.8, 4) is 0 Å². The lowest BCUT2D eigenvalue weighted by atomic mass is 10.0. The van der Waals surface area contributed by atoms with E-state index in [4.69, 9.17) is 0 Å². The summed E-state index contributed by atoms with van der Waals surface area (Å²) in [5.74, 6) is 2.21. The van der Waals surface area contributed by atoms with E-state index in [-0.39, 0.29) is 6.04 Å². The summed E-state index contributed by atoms with van der Waals surface area (Å²) < 4.78 is 0. The molecule has 1 amide bonds. The third-order valence-electron chi connectivity index (χ3n) is 4.62. The molecule has 1 aromatic carbocycles. The van der Waals surface area contributed by atoms with Crippen molar-refractivity contribution in [3.05, 3.63) is 30.3 Å². The number of hydrogen-bond donors (Lipinski definition) is 0. The van der Waals surface area contributed by atoms with Crippen LogP contribution in [0.2, 0.25) is 0 Å². The zero-order valence-electron chi connectivity index (χ0n) is 12.7. The van der Waals surface area contributed by atoms with Crippen molar-refractivity contribution in [3.63, 3.8) is 0 Å². The number of amides is 1. The summed E-state index contributed by atoms with van der Waals surface area (Å²) >= 11 is 1.95. The quantitative estimate of drug-likeness (QED) is 0.799. The van der Waals surface area contributed by atoms with E-state index in [1.54, 1.807) is 0 Å². The molecule has 0 spiro atoms. The van der Waals surface area contributed by atoms with Crippen LogP contribution < -0.4 is 0 Å². The monoisotopic (exact) mass is 304 g/mol. The average molecular weight is 304 g/mol. The highest BCUT2D eigenvalue weighted by molar-refractivity contribution is 7.99. The van der Waals surface area contributed by atoms with Gasteiger partial charge in [-0.3, -0.25) is 9.69 Å². The van der Waals surface area contributed by atoms with Crippen LogP contribution >= 0.6 is 11.8 Å². The number of nitrogens with zero attached hydrogens (tertiary/aromatic N) is 2. The first-order valence-corrected chi connectivity index (χ1v) is 8.89. The normalized spacial score (nSPS) is 27.3. The summed E-state index contributed by atoms with van der Waals surface area (Å²) in [6, 6.07) is 10.8. The zero-order chi connectivity index (χ0) is 14.7. The maximum Gasteiger partial charge on any atom is 0.239 e. The molecule has 2 fully saturated rings. The van der Waals surface area contributed by atoms with Gasteiger partial charge in [-0.1, -0.05) is 18.2 Å². The minimum absolute atomic E-state index is 0.149. The maximum atomic E-state index is 12.3. The second kappa shape index (κ2) is 6.84. The molecule has 2 aliphatic heterocycles. The van der Waals surface area contributed by atoms with Gasteiger partial charge in [-0.25, -0.2) is 0 Å². The third kappa shape index (κ3) is 3.61. The maximum absolute atomic E-state index is 12.3. The Hall–Kier alpha value is -1.00. The van der Waals surface area contributed by atoms with Crippen molar-refractivity contribution in [2.24, 2.45) is 5.92 Å². The molecule has 0 radical (unpaired) electrons. The Kier molecular flexibility index (Phi) is 4.86. The van der Waals surface area contributed by atoms with Gasteiger partial charge in [0.1, 0.15) is 0 Å². The predicted molar refractivity (Wildman–Crippen MR) is 87.5 cm³/mol. The van der Waals surface area contributed by atoms with Crippen LogP contribution in [0.5, 0.6) is 0 Å². The Bertz CT molecular complexity index is 479. The average Bonchev–Trinajstić information content (AvgIpc) is 2.98. The van der Waals surface area contributed by atoms with E-state index in [2.05, 4.69) is 35.2 Å². The van der Waals surface area contributed by atoms with Crippen LogP contribution in [0.25, 0.3) is 0 Å². The number of benzene rings is 1. The number of likely N-dealkylation sites (tertiary alicyclic amines) is 2. The van der Waals surface area contributed by atoms with E-state index < -0.39 is 0 Å². The molecule has 21 heavy (non-hydrogen) atoms. The van der Waals surface area contributed by atoms with Crippen molar-refractivity contribution < 1.29 is 4.79 Å². The molecule has 4 heteroatoms. The van der Waals surface area contributed by atoms with Gasteiger partial charge in [-0.15, -0.1) is 11.8 Å². The fraction of sp³-hybridized carbons (Fsp3) is 0.588. The van der Waals surface area contributed by atoms with Gasteiger partial charge in [-0.05, 0) is 43.9 Å². The SMILES string of the molecule is CN1CCCC(N2CCC(CSc3ccccc3)C2)C1=O. The molecule has 3 rings (SSSR count). The molecule has 0 aromatic heterocycles. The summed E-state index contributed by atoms with van der Waals surface area (Å²) in [5.41, 5.74) is 0. The summed E-state index contributed by atoms with van der Waals surface area (Å²) in [4.78, 5) is 18.0. The Labute approximate surface area is 131 Å². The zero-order valence-corrected chi connectivity index (χ0v) is 13.5. The third-order valence-corrected chi connectivity index (χ3v) is 5.86. The summed E-state index contributed by atoms with van der Waals surface area (Å²) in [5, 5.41) is 0. The Morgan fingerprint density at radius 3 is 2.81 bits per heavy atom. The molecule has 2 heterocycles. The topological polar surface area (TPSA) is 23.6 Å². The first-order valence-electron chi connectivity index (χ1n) is 7.91. The molecule has 0 saturated carbocycles. The highest BCUT2D eigenvalue weighted by Gasteiger charge is 2.35. The molecule has 2 aliphatic rings. The van der Waals surface area contributed by atoms with Gasteiger partial charge < -0.3 is 4.90 Å². The standard InChI is InChI=1S/C17H24N2OS/c1-18-10-5-8-16(17(18)20)19-11-9-14(12-19)13-21-15-6-3-2-4-7-15/h2-4,6-7,14,16H,5,8-13H2,1H3. The van der Waals surface area contributed by atoms with Crippen LogP contribution in [-0.4, -0.2) is 54.2 Å². The van der Waals surface area contributed by atoms with Crippen LogP contribution in [0.3, 0.4) is 0 Å². The second-order valence-electron chi connectivity index (χ2n) is 6.19. The number of rotatable bonds is 4. The lowest BCUT2D eigenvalue weighted by Gasteiger charge is -2.34. The molecular weight excluding hydrogens is 280 g/mol. The number of likely N-dealkylation sites (N-methyl/N-ethyl adjacent to an activating group) is 1. The molecule has 0 bridgehead atoms. The predicted octanol–water partition coefficient (Wildman–Crippen LogP) is 2.72. The number of thioether (sulfide) groups is 1. The molecule has 114 valence electrons. The van der Waals surface area contributed by atoms with Crippen LogP contribution in [0, 0.1) is 5.92 Å². The molecule has 1 aromatic rings. The van der Waals surface area contributed by atoms with E-state index in [1.807, 2.05) is 23.7 Å². The molecule has 2 unspecified atom stereocenters. The van der Waals surface area contributed by atoms with Gasteiger partial charge in [-0.2, -0.15) is 0 Å². The molecule has 0 aliphatic carbocycles. The first kappa shape index (κ1) is 14.9. The highest BCUT2D eigenvalue weighted by Crippen LogP contribution is 2.28. The number of piperidine rings is 1. The van der Waals surface area contributed by atoms with Crippen molar-refractivity contribution in [2.45, 2.75) is 30.2 Å². The summed E-state index contributed by atoms with van der Waals surface area (Å²) in [6.45, 7) is 3.10. The van der Waals surface area contributed by atoms with Gasteiger partial charge in [0.15, 0.2) is 0 Å². The molecule has 3 nitrogen and oxygen atoms in total. The van der Waals surface area contributed by atoms with E-state index in [0.29, 0.717) is 5.91 Å². The van der Waals surface area contributed by atoms with Gasteiger partial charge >= 0.3 is 0 Å². The highest BCUT2D eigenvalue weighted by atomic mass is 32.2. The van der Waals surface area contributed by atoms with Gasteiger partial charge in [0, 0.05) is 30.8 Å². The second-order valence-corrected chi connectivity index (χ2v) is 7.28. The van der Waals surface area contributed by atoms with E-state index in [0.717, 1.165) is 44.1 Å². The van der Waals surface area contributed by atoms with Crippen LogP contribution in [0.4, 0.5) is 0 Å². The van der Waals surface area contributed by atoms with Crippen molar-refractivity contribution in [1.82, 2.24) is 9.80 Å².